The molecule has 4 rings (SSSR count). The van der Waals surface area contributed by atoms with Gasteiger partial charge in [0.15, 0.2) is 0 Å². The molecule has 2 aromatic heterocycles. The van der Waals surface area contributed by atoms with Crippen molar-refractivity contribution in [3.05, 3.63) is 77.9 Å². The zero-order valence-corrected chi connectivity index (χ0v) is 18.9. The van der Waals surface area contributed by atoms with Gasteiger partial charge in [-0.2, -0.15) is 8.42 Å². The number of pyridine rings is 1. The van der Waals surface area contributed by atoms with Gasteiger partial charge in [0.25, 0.3) is 0 Å². The maximum atomic E-state index is 12.7. The standard InChI is InChI=1S/C23H22ClN3O3S/c1-23(2,3)26-22-21(25-20-9-4-5-14-27(20)22)16-7-6-8-18(15-16)30-31(28,29)19-12-10-17(24)11-13-19/h4-15,26H,1-3H3. The molecule has 8 heteroatoms. The molecule has 160 valence electrons. The second-order valence-electron chi connectivity index (χ2n) is 8.13. The monoisotopic (exact) mass is 455 g/mol. The van der Waals surface area contributed by atoms with E-state index in [1.807, 2.05) is 34.9 Å². The highest BCUT2D eigenvalue weighted by Gasteiger charge is 2.21. The molecule has 2 heterocycles. The Balaban J connectivity index is 1.74. The average molecular weight is 456 g/mol. The van der Waals surface area contributed by atoms with E-state index in [0.29, 0.717) is 10.7 Å². The number of aromatic nitrogens is 2. The average Bonchev–Trinajstić information content (AvgIpc) is 3.05. The Morgan fingerprint density at radius 2 is 1.74 bits per heavy atom. The Hall–Kier alpha value is -3.03. The van der Waals surface area contributed by atoms with Crippen LogP contribution in [0.4, 0.5) is 5.82 Å². The zero-order chi connectivity index (χ0) is 22.2. The third-order valence-electron chi connectivity index (χ3n) is 4.44. The van der Waals surface area contributed by atoms with Crippen molar-refractivity contribution in [2.24, 2.45) is 0 Å². The van der Waals surface area contributed by atoms with Gasteiger partial charge in [-0.05, 0) is 69.3 Å². The van der Waals surface area contributed by atoms with E-state index < -0.39 is 10.1 Å². The van der Waals surface area contributed by atoms with Gasteiger partial charge in [0.1, 0.15) is 27.8 Å². The molecule has 1 N–H and O–H groups in total. The van der Waals surface area contributed by atoms with Crippen LogP contribution in [-0.4, -0.2) is 23.3 Å². The smallest absolute Gasteiger partial charge is 0.339 e. The van der Waals surface area contributed by atoms with Crippen LogP contribution in [0.1, 0.15) is 20.8 Å². The predicted molar refractivity (Wildman–Crippen MR) is 123 cm³/mol. The van der Waals surface area contributed by atoms with Gasteiger partial charge in [0.2, 0.25) is 0 Å². The van der Waals surface area contributed by atoms with Gasteiger partial charge in [-0.1, -0.05) is 29.8 Å². The summed E-state index contributed by atoms with van der Waals surface area (Å²) in [6.07, 6.45) is 1.94. The number of fused-ring (bicyclic) bond motifs is 1. The highest BCUT2D eigenvalue weighted by molar-refractivity contribution is 7.87. The van der Waals surface area contributed by atoms with Crippen LogP contribution < -0.4 is 9.50 Å². The molecule has 0 amide bonds. The predicted octanol–water partition coefficient (Wildman–Crippen LogP) is 5.63. The van der Waals surface area contributed by atoms with E-state index in [2.05, 4.69) is 26.1 Å². The Morgan fingerprint density at radius 1 is 1.00 bits per heavy atom. The van der Waals surface area contributed by atoms with Gasteiger partial charge in [0.05, 0.1) is 0 Å². The minimum absolute atomic E-state index is 0.0325. The minimum Gasteiger partial charge on any atom is -0.379 e. The zero-order valence-electron chi connectivity index (χ0n) is 17.3. The van der Waals surface area contributed by atoms with Crippen LogP contribution in [0.2, 0.25) is 5.02 Å². The summed E-state index contributed by atoms with van der Waals surface area (Å²) in [6.45, 7) is 6.20. The quantitative estimate of drug-likeness (QED) is 0.394. The minimum atomic E-state index is -3.99. The highest BCUT2D eigenvalue weighted by atomic mass is 35.5. The molecule has 0 unspecified atom stereocenters. The fraction of sp³-hybridized carbons (Fsp3) is 0.174. The Labute approximate surface area is 186 Å². The molecule has 0 saturated heterocycles. The first-order chi connectivity index (χ1) is 14.6. The fourth-order valence-corrected chi connectivity index (χ4v) is 4.19. The number of hydrogen-bond acceptors (Lipinski definition) is 5. The van der Waals surface area contributed by atoms with Gasteiger partial charge in [-0.15, -0.1) is 0 Å². The first-order valence-electron chi connectivity index (χ1n) is 9.68. The lowest BCUT2D eigenvalue weighted by molar-refractivity contribution is 0.486. The van der Waals surface area contributed by atoms with Crippen LogP contribution >= 0.6 is 11.6 Å². The molecule has 0 bridgehead atoms. The van der Waals surface area contributed by atoms with Crippen LogP contribution in [0.15, 0.2) is 77.8 Å². The molecule has 0 aliphatic rings. The van der Waals surface area contributed by atoms with Gasteiger partial charge in [-0.25, -0.2) is 4.98 Å². The maximum Gasteiger partial charge on any atom is 0.339 e. The Morgan fingerprint density at radius 3 is 2.45 bits per heavy atom. The number of hydrogen-bond donors (Lipinski definition) is 1. The number of nitrogens with one attached hydrogen (secondary N) is 1. The third-order valence-corrected chi connectivity index (χ3v) is 5.95. The second kappa shape index (κ2) is 7.90. The largest absolute Gasteiger partial charge is 0.379 e. The van der Waals surface area contributed by atoms with Gasteiger partial charge >= 0.3 is 10.1 Å². The number of rotatable bonds is 5. The van der Waals surface area contributed by atoms with Crippen molar-refractivity contribution in [1.29, 1.82) is 0 Å². The molecule has 2 aromatic carbocycles. The van der Waals surface area contributed by atoms with E-state index in [-0.39, 0.29) is 16.2 Å². The van der Waals surface area contributed by atoms with E-state index in [0.717, 1.165) is 17.0 Å². The molecule has 0 fully saturated rings. The SMILES string of the molecule is CC(C)(C)Nc1c(-c2cccc(OS(=O)(=O)c3ccc(Cl)cc3)c2)nc2ccccn12. The normalized spacial score (nSPS) is 12.1. The molecule has 0 aliphatic carbocycles. The second-order valence-corrected chi connectivity index (χ2v) is 10.1. The van der Waals surface area contributed by atoms with Gasteiger partial charge in [-0.3, -0.25) is 4.40 Å². The summed E-state index contributed by atoms with van der Waals surface area (Å²) in [5.41, 5.74) is 2.02. The van der Waals surface area contributed by atoms with Crippen LogP contribution in [0.25, 0.3) is 16.9 Å². The lowest BCUT2D eigenvalue weighted by Crippen LogP contribution is -2.27. The van der Waals surface area contributed by atoms with Crippen LogP contribution in [0, 0.1) is 0 Å². The van der Waals surface area contributed by atoms with E-state index in [9.17, 15) is 8.42 Å². The molecular weight excluding hydrogens is 434 g/mol. The van der Waals surface area contributed by atoms with Gasteiger partial charge < -0.3 is 9.50 Å². The van der Waals surface area contributed by atoms with E-state index >= 15 is 0 Å². The Kier molecular flexibility index (Phi) is 5.41. The first kappa shape index (κ1) is 21.2. The number of imidazole rings is 1. The number of halogens is 1. The van der Waals surface area contributed by atoms with Crippen molar-refractivity contribution in [1.82, 2.24) is 9.38 Å². The van der Waals surface area contributed by atoms with E-state index in [4.69, 9.17) is 20.8 Å². The van der Waals surface area contributed by atoms with Crippen LogP contribution in [0.5, 0.6) is 5.75 Å². The lowest BCUT2D eigenvalue weighted by atomic mass is 10.1. The molecule has 31 heavy (non-hydrogen) atoms. The molecule has 0 saturated carbocycles. The van der Waals surface area contributed by atoms with Crippen LogP contribution in [-0.2, 0) is 10.1 Å². The number of nitrogens with zero attached hydrogens (tertiary/aromatic N) is 2. The van der Waals surface area contributed by atoms with Crippen molar-refractivity contribution in [3.63, 3.8) is 0 Å². The van der Waals surface area contributed by atoms with Crippen molar-refractivity contribution in [3.8, 4) is 17.0 Å². The summed E-state index contributed by atoms with van der Waals surface area (Å²) >= 11 is 5.85. The lowest BCUT2D eigenvalue weighted by Gasteiger charge is -2.22. The molecular formula is C23H22ClN3O3S. The van der Waals surface area contributed by atoms with Crippen LogP contribution in [0.3, 0.4) is 0 Å². The first-order valence-corrected chi connectivity index (χ1v) is 11.5. The summed E-state index contributed by atoms with van der Waals surface area (Å²) in [4.78, 5) is 4.79. The summed E-state index contributed by atoms with van der Waals surface area (Å²) in [6, 6.07) is 18.5. The molecule has 6 nitrogen and oxygen atoms in total. The van der Waals surface area contributed by atoms with Crippen molar-refractivity contribution < 1.29 is 12.6 Å². The van der Waals surface area contributed by atoms with Gasteiger partial charge in [0, 0.05) is 22.3 Å². The summed E-state index contributed by atoms with van der Waals surface area (Å²) in [5, 5.41) is 3.95. The fourth-order valence-electron chi connectivity index (χ4n) is 3.14. The maximum absolute atomic E-state index is 12.7. The number of benzene rings is 2. The summed E-state index contributed by atoms with van der Waals surface area (Å²) in [5.74, 6) is 1.02. The molecule has 0 radical (unpaired) electrons. The molecule has 4 aromatic rings. The molecule has 0 aliphatic heterocycles. The summed E-state index contributed by atoms with van der Waals surface area (Å²) in [7, 11) is -3.99. The van der Waals surface area contributed by atoms with E-state index in [1.165, 1.54) is 24.3 Å². The van der Waals surface area contributed by atoms with Crippen molar-refractivity contribution in [2.75, 3.05) is 5.32 Å². The number of anilines is 1. The van der Waals surface area contributed by atoms with E-state index in [1.54, 1.807) is 18.2 Å². The molecule has 0 atom stereocenters. The van der Waals surface area contributed by atoms with Crippen molar-refractivity contribution >= 4 is 33.2 Å². The van der Waals surface area contributed by atoms with Crippen molar-refractivity contribution in [2.45, 2.75) is 31.2 Å². The molecule has 0 spiro atoms. The highest BCUT2D eigenvalue weighted by Crippen LogP contribution is 2.33. The third kappa shape index (κ3) is 4.68. The topological polar surface area (TPSA) is 72.7 Å². The summed E-state index contributed by atoms with van der Waals surface area (Å²) < 4.78 is 32.7. The Bertz CT molecular complexity index is 1340.